The Kier molecular flexibility index (Phi) is 7.40. The van der Waals surface area contributed by atoms with Crippen LogP contribution in [0.25, 0.3) is 11.1 Å². The minimum atomic E-state index is -1.04. The van der Waals surface area contributed by atoms with E-state index in [-0.39, 0.29) is 30.8 Å². The van der Waals surface area contributed by atoms with Gasteiger partial charge in [0.2, 0.25) is 11.6 Å². The lowest BCUT2D eigenvalue weighted by Gasteiger charge is -2.27. The Bertz CT molecular complexity index is 1070. The molecule has 3 nitrogen and oxygen atoms in total. The monoisotopic (exact) mass is 450 g/mol. The fourth-order valence-corrected chi connectivity index (χ4v) is 4.02. The predicted molar refractivity (Wildman–Crippen MR) is 126 cm³/mol. The topological polar surface area (TPSA) is 27.7 Å². The summed E-state index contributed by atoms with van der Waals surface area (Å²) in [7, 11) is 0. The van der Waals surface area contributed by atoms with E-state index >= 15 is 0 Å². The smallest absolute Gasteiger partial charge is 0.204 e. The lowest BCUT2D eigenvalue weighted by atomic mass is 9.90. The second-order valence-corrected chi connectivity index (χ2v) is 8.11. The van der Waals surface area contributed by atoms with Gasteiger partial charge in [-0.25, -0.2) is 0 Å². The molecule has 1 heterocycles. The van der Waals surface area contributed by atoms with E-state index in [0.29, 0.717) is 5.92 Å². The fraction of sp³-hybridized carbons (Fsp3) is 0.286. The molecule has 0 amide bonds. The lowest BCUT2D eigenvalue weighted by molar-refractivity contribution is 0.0329. The first-order valence-corrected chi connectivity index (χ1v) is 11.3. The van der Waals surface area contributed by atoms with Crippen molar-refractivity contribution in [3.05, 3.63) is 96.1 Å². The molecule has 3 aromatic rings. The third kappa shape index (κ3) is 5.42. The van der Waals surface area contributed by atoms with Crippen LogP contribution in [0.5, 0.6) is 11.5 Å². The molecule has 0 aliphatic carbocycles. The minimum Gasteiger partial charge on any atom is -0.491 e. The molecule has 4 rings (SSSR count). The van der Waals surface area contributed by atoms with Crippen LogP contribution in [0.3, 0.4) is 0 Å². The van der Waals surface area contributed by atoms with Crippen LogP contribution < -0.4 is 9.47 Å². The second-order valence-electron chi connectivity index (χ2n) is 8.11. The number of hydrogen-bond acceptors (Lipinski definition) is 3. The molecule has 33 heavy (non-hydrogen) atoms. The standard InChI is InChI=1S/C28H28F2O3/c1-3-24-14-13-23(18-32-24)22-11-9-21(10-12-22)20-7-5-19(6-8-20)17-33-26-16-15-25(31-4-2)27(29)28(26)30/h3,5-12,15-16,23-24H,1,4,13-14,17-18H2,2H3. The molecule has 0 saturated carbocycles. The molecule has 1 saturated heterocycles. The van der Waals surface area contributed by atoms with Gasteiger partial charge in [0.05, 0.1) is 19.3 Å². The van der Waals surface area contributed by atoms with Gasteiger partial charge in [-0.2, -0.15) is 8.78 Å². The van der Waals surface area contributed by atoms with Gasteiger partial charge in [0.1, 0.15) is 6.61 Å². The summed E-state index contributed by atoms with van der Waals surface area (Å²) in [6, 6.07) is 19.2. The van der Waals surface area contributed by atoms with E-state index in [4.69, 9.17) is 14.2 Å². The van der Waals surface area contributed by atoms with E-state index in [1.165, 1.54) is 17.7 Å². The van der Waals surface area contributed by atoms with Crippen molar-refractivity contribution in [3.63, 3.8) is 0 Å². The van der Waals surface area contributed by atoms with Crippen LogP contribution >= 0.6 is 0 Å². The fourth-order valence-electron chi connectivity index (χ4n) is 4.02. The molecule has 1 aliphatic rings. The van der Waals surface area contributed by atoms with Gasteiger partial charge in [0.15, 0.2) is 11.5 Å². The van der Waals surface area contributed by atoms with Crippen LogP contribution in [-0.4, -0.2) is 19.3 Å². The van der Waals surface area contributed by atoms with Crippen molar-refractivity contribution in [3.8, 4) is 22.6 Å². The van der Waals surface area contributed by atoms with Gasteiger partial charge < -0.3 is 14.2 Å². The summed E-state index contributed by atoms with van der Waals surface area (Å²) < 4.78 is 44.6. The Balaban J connectivity index is 1.37. The van der Waals surface area contributed by atoms with Gasteiger partial charge >= 0.3 is 0 Å². The highest BCUT2D eigenvalue weighted by Gasteiger charge is 2.21. The van der Waals surface area contributed by atoms with E-state index < -0.39 is 11.6 Å². The zero-order valence-corrected chi connectivity index (χ0v) is 18.7. The third-order valence-electron chi connectivity index (χ3n) is 5.95. The van der Waals surface area contributed by atoms with Crippen molar-refractivity contribution in [2.24, 2.45) is 0 Å². The van der Waals surface area contributed by atoms with E-state index in [9.17, 15) is 8.78 Å². The van der Waals surface area contributed by atoms with Crippen molar-refractivity contribution in [2.75, 3.05) is 13.2 Å². The first-order chi connectivity index (χ1) is 16.1. The molecule has 3 aromatic carbocycles. The normalized spacial score (nSPS) is 18.0. The number of hydrogen-bond donors (Lipinski definition) is 0. The molecule has 0 aromatic heterocycles. The van der Waals surface area contributed by atoms with E-state index in [1.807, 2.05) is 30.3 Å². The summed E-state index contributed by atoms with van der Waals surface area (Å²) in [5.74, 6) is -1.91. The highest BCUT2D eigenvalue weighted by atomic mass is 19.2. The average molecular weight is 451 g/mol. The number of ether oxygens (including phenoxy) is 3. The van der Waals surface area contributed by atoms with Crippen molar-refractivity contribution in [1.82, 2.24) is 0 Å². The Morgan fingerprint density at radius 3 is 2.03 bits per heavy atom. The van der Waals surface area contributed by atoms with E-state index in [1.54, 1.807) is 6.92 Å². The number of halogens is 2. The van der Waals surface area contributed by atoms with Gasteiger partial charge in [-0.3, -0.25) is 0 Å². The Hall–Kier alpha value is -3.18. The summed E-state index contributed by atoms with van der Waals surface area (Å²) in [4.78, 5) is 0. The molecule has 1 fully saturated rings. The van der Waals surface area contributed by atoms with Gasteiger partial charge in [-0.1, -0.05) is 54.6 Å². The van der Waals surface area contributed by atoms with Crippen LogP contribution in [0.1, 0.15) is 36.8 Å². The molecule has 1 aliphatic heterocycles. The van der Waals surface area contributed by atoms with Crippen molar-refractivity contribution in [2.45, 2.75) is 38.4 Å². The van der Waals surface area contributed by atoms with Crippen LogP contribution in [0.2, 0.25) is 0 Å². The third-order valence-corrected chi connectivity index (χ3v) is 5.95. The van der Waals surface area contributed by atoms with Gasteiger partial charge in [0.25, 0.3) is 0 Å². The highest BCUT2D eigenvalue weighted by molar-refractivity contribution is 5.64. The van der Waals surface area contributed by atoms with E-state index in [0.717, 1.165) is 36.1 Å². The molecule has 0 radical (unpaired) electrons. The van der Waals surface area contributed by atoms with Crippen LogP contribution in [0.15, 0.2) is 73.3 Å². The van der Waals surface area contributed by atoms with Crippen molar-refractivity contribution in [1.29, 1.82) is 0 Å². The lowest BCUT2D eigenvalue weighted by Crippen LogP contribution is -2.22. The van der Waals surface area contributed by atoms with Crippen molar-refractivity contribution >= 4 is 0 Å². The van der Waals surface area contributed by atoms with Gasteiger partial charge in [-0.15, -0.1) is 6.58 Å². The Labute approximate surface area is 193 Å². The van der Waals surface area contributed by atoms with Crippen LogP contribution in [-0.2, 0) is 11.3 Å². The molecule has 0 spiro atoms. The zero-order chi connectivity index (χ0) is 23.2. The van der Waals surface area contributed by atoms with Crippen molar-refractivity contribution < 1.29 is 23.0 Å². The first-order valence-electron chi connectivity index (χ1n) is 11.3. The minimum absolute atomic E-state index is 0.116. The number of benzene rings is 3. The molecule has 5 heteroatoms. The Morgan fingerprint density at radius 1 is 0.879 bits per heavy atom. The average Bonchev–Trinajstić information content (AvgIpc) is 2.87. The quantitative estimate of drug-likeness (QED) is 0.344. The molecule has 0 N–H and O–H groups in total. The first kappa shape index (κ1) is 23.0. The zero-order valence-electron chi connectivity index (χ0n) is 18.7. The molecule has 2 unspecified atom stereocenters. The summed E-state index contributed by atoms with van der Waals surface area (Å²) in [6.07, 6.45) is 4.16. The number of rotatable bonds is 8. The maximum Gasteiger partial charge on any atom is 0.204 e. The maximum atomic E-state index is 14.2. The van der Waals surface area contributed by atoms with Crippen LogP contribution in [0, 0.1) is 11.6 Å². The highest BCUT2D eigenvalue weighted by Crippen LogP contribution is 2.31. The summed E-state index contributed by atoms with van der Waals surface area (Å²) in [5.41, 5.74) is 4.35. The SMILES string of the molecule is C=CC1CCC(c2ccc(-c3ccc(COc4ccc(OCC)c(F)c4F)cc3)cc2)CO1. The molecule has 2 atom stereocenters. The maximum absolute atomic E-state index is 14.2. The predicted octanol–water partition coefficient (Wildman–Crippen LogP) is 7.06. The molecule has 172 valence electrons. The summed E-state index contributed by atoms with van der Waals surface area (Å²) in [5, 5.41) is 0. The van der Waals surface area contributed by atoms with Gasteiger partial charge in [0, 0.05) is 5.92 Å². The van der Waals surface area contributed by atoms with E-state index in [2.05, 4.69) is 30.8 Å². The molecule has 0 bridgehead atoms. The summed E-state index contributed by atoms with van der Waals surface area (Å²) >= 11 is 0. The largest absolute Gasteiger partial charge is 0.491 e. The Morgan fingerprint density at radius 2 is 1.48 bits per heavy atom. The molecular weight excluding hydrogens is 422 g/mol. The van der Waals surface area contributed by atoms with Gasteiger partial charge in [-0.05, 0) is 54.2 Å². The summed E-state index contributed by atoms with van der Waals surface area (Å²) in [6.45, 7) is 6.64. The second kappa shape index (κ2) is 10.6. The molecular formula is C28H28F2O3. The van der Waals surface area contributed by atoms with Crippen LogP contribution in [0.4, 0.5) is 8.78 Å².